The molecule has 7 heteroatoms. The number of carbonyl (C=O) groups excluding carboxylic acids is 4. The van der Waals surface area contributed by atoms with Crippen molar-refractivity contribution in [2.75, 3.05) is 26.3 Å². The SMILES string of the molecule is CC(C)(C)CC(C)(C)C.CC(C)(C)CCOCCC(C)(C)C.CC(C)(C)CNC(=O)CCC(=O)CC(C)(C)C.CC(C)(C)CNC(=O)CCC(=O)CC(C)(C)C. The van der Waals surface area contributed by atoms with Gasteiger partial charge in [0, 0.05) is 64.8 Å². The minimum atomic E-state index is -0.0258. The van der Waals surface area contributed by atoms with E-state index < -0.39 is 0 Å². The molecule has 0 saturated heterocycles. The molecule has 0 spiro atoms. The number of nitrogens with one attached hydrogen (secondary N) is 2. The van der Waals surface area contributed by atoms with Crippen molar-refractivity contribution in [2.45, 2.75) is 224 Å². The summed E-state index contributed by atoms with van der Waals surface area (Å²) < 4.78 is 5.59. The van der Waals surface area contributed by atoms with Gasteiger partial charge in [0.05, 0.1) is 0 Å². The number of ketones is 2. The van der Waals surface area contributed by atoms with Gasteiger partial charge in [0.1, 0.15) is 11.6 Å². The predicted octanol–water partition coefficient (Wildman–Crippen LogP) is 13.2. The number of amides is 2. The van der Waals surface area contributed by atoms with Gasteiger partial charge in [-0.15, -0.1) is 0 Å². The van der Waals surface area contributed by atoms with Crippen molar-refractivity contribution in [3.05, 3.63) is 0 Å². The van der Waals surface area contributed by atoms with Crippen molar-refractivity contribution in [3.63, 3.8) is 0 Å². The van der Waals surface area contributed by atoms with Crippen LogP contribution in [0.15, 0.2) is 0 Å². The highest BCUT2D eigenvalue weighted by Gasteiger charge is 2.21. The molecule has 0 aromatic rings. The summed E-state index contributed by atoms with van der Waals surface area (Å²) in [5.41, 5.74) is 1.98. The van der Waals surface area contributed by atoms with E-state index in [1.165, 1.54) is 6.42 Å². The molecule has 2 amide bonds. The first-order valence-corrected chi connectivity index (χ1v) is 21.6. The Morgan fingerprint density at radius 1 is 0.357 bits per heavy atom. The molecule has 56 heavy (non-hydrogen) atoms. The lowest BCUT2D eigenvalue weighted by molar-refractivity contribution is -0.126. The van der Waals surface area contributed by atoms with Crippen LogP contribution in [0.3, 0.4) is 0 Å². The summed E-state index contributed by atoms with van der Waals surface area (Å²) in [7, 11) is 0. The molecule has 0 fully saturated rings. The third kappa shape index (κ3) is 64.1. The molecule has 0 bridgehead atoms. The van der Waals surface area contributed by atoms with Crippen LogP contribution in [0.2, 0.25) is 0 Å². The lowest BCUT2D eigenvalue weighted by Crippen LogP contribution is -2.32. The van der Waals surface area contributed by atoms with E-state index in [-0.39, 0.29) is 45.0 Å². The van der Waals surface area contributed by atoms with Crippen LogP contribution < -0.4 is 10.6 Å². The largest absolute Gasteiger partial charge is 0.381 e. The highest BCUT2D eigenvalue weighted by atomic mass is 16.5. The van der Waals surface area contributed by atoms with Crippen LogP contribution in [0, 0.1) is 43.3 Å². The molecule has 0 radical (unpaired) electrons. The van der Waals surface area contributed by atoms with Gasteiger partial charge in [-0.1, -0.05) is 166 Å². The van der Waals surface area contributed by atoms with E-state index in [9.17, 15) is 19.2 Å². The molecule has 0 atom stereocenters. The second-order valence-electron chi connectivity index (χ2n) is 25.8. The van der Waals surface area contributed by atoms with Gasteiger partial charge in [-0.3, -0.25) is 19.2 Å². The molecule has 0 heterocycles. The molecule has 7 nitrogen and oxygen atoms in total. The zero-order valence-corrected chi connectivity index (χ0v) is 42.2. The van der Waals surface area contributed by atoms with E-state index in [4.69, 9.17) is 4.74 Å². The minimum Gasteiger partial charge on any atom is -0.381 e. The van der Waals surface area contributed by atoms with Crippen molar-refractivity contribution in [3.8, 4) is 0 Å². The van der Waals surface area contributed by atoms with Gasteiger partial charge in [0.25, 0.3) is 0 Å². The Hall–Kier alpha value is -1.76. The van der Waals surface area contributed by atoms with Crippen molar-refractivity contribution in [1.82, 2.24) is 10.6 Å². The van der Waals surface area contributed by atoms with Crippen molar-refractivity contribution < 1.29 is 23.9 Å². The monoisotopic (exact) mass is 797 g/mol. The van der Waals surface area contributed by atoms with Gasteiger partial charge >= 0.3 is 0 Å². The second kappa shape index (κ2) is 26.4. The highest BCUT2D eigenvalue weighted by Crippen LogP contribution is 2.32. The fraction of sp³-hybridized carbons (Fsp3) is 0.918. The van der Waals surface area contributed by atoms with Crippen molar-refractivity contribution in [2.24, 2.45) is 43.3 Å². The van der Waals surface area contributed by atoms with Gasteiger partial charge in [-0.05, 0) is 62.6 Å². The molecule has 2 N–H and O–H groups in total. The number of rotatable bonds is 14. The lowest BCUT2D eigenvalue weighted by atomic mass is 9.78. The Balaban J connectivity index is -0.000000330. The third-order valence-corrected chi connectivity index (χ3v) is 7.40. The average Bonchev–Trinajstić information content (AvgIpc) is 2.87. The molecule has 0 aliphatic carbocycles. The Bertz CT molecular complexity index is 995. The summed E-state index contributed by atoms with van der Waals surface area (Å²) in [5.74, 6) is 0.288. The molecule has 0 aliphatic heterocycles. The minimum absolute atomic E-state index is 0.0129. The summed E-state index contributed by atoms with van der Waals surface area (Å²) in [6.07, 6.45) is 6.00. The summed E-state index contributed by atoms with van der Waals surface area (Å²) in [6.45, 7) is 54.9. The maximum Gasteiger partial charge on any atom is 0.220 e. The van der Waals surface area contributed by atoms with Crippen LogP contribution in [0.25, 0.3) is 0 Å². The van der Waals surface area contributed by atoms with Crippen LogP contribution in [0.1, 0.15) is 224 Å². The van der Waals surface area contributed by atoms with E-state index in [0.29, 0.717) is 73.3 Å². The van der Waals surface area contributed by atoms with Crippen LogP contribution in [0.5, 0.6) is 0 Å². The van der Waals surface area contributed by atoms with Gasteiger partial charge in [0.2, 0.25) is 11.8 Å². The molecule has 0 unspecified atom stereocenters. The standard InChI is InChI=1S/2C14H27NO2.C12H26O.C9H20/c2*1-13(2,3)9-11(16)7-8-12(17)15-10-14(4,5)6;1-11(2,3)7-9-13-10-8-12(4,5)6;1-8(2,3)7-9(4,5)6/h2*7-10H2,1-6H3,(H,15,17);7-10H2,1-6H3;7H2,1-6H3. The molecule has 0 aromatic carbocycles. The lowest BCUT2D eigenvalue weighted by Gasteiger charge is -2.28. The number of carbonyl (C=O) groups is 4. The normalized spacial score (nSPS) is 12.9. The zero-order chi connectivity index (χ0) is 45.6. The van der Waals surface area contributed by atoms with E-state index in [1.54, 1.807) is 0 Å². The summed E-state index contributed by atoms with van der Waals surface area (Å²) in [6, 6.07) is 0. The maximum absolute atomic E-state index is 11.6. The molecule has 336 valence electrons. The molecule has 0 aliphatic rings. The van der Waals surface area contributed by atoms with Gasteiger partial charge in [-0.25, -0.2) is 0 Å². The zero-order valence-electron chi connectivity index (χ0n) is 42.2. The number of hydrogen-bond acceptors (Lipinski definition) is 5. The summed E-state index contributed by atoms with van der Waals surface area (Å²) in [5, 5.41) is 5.70. The number of ether oxygens (including phenoxy) is 1. The van der Waals surface area contributed by atoms with E-state index in [2.05, 4.69) is 135 Å². The Kier molecular flexibility index (Phi) is 28.7. The maximum atomic E-state index is 11.6. The fourth-order valence-corrected chi connectivity index (χ4v) is 5.22. The first kappa shape index (κ1) is 60.9. The van der Waals surface area contributed by atoms with E-state index in [0.717, 1.165) is 26.1 Å². The van der Waals surface area contributed by atoms with Crippen LogP contribution >= 0.6 is 0 Å². The smallest absolute Gasteiger partial charge is 0.220 e. The van der Waals surface area contributed by atoms with Gasteiger partial charge < -0.3 is 15.4 Å². The number of Topliss-reactive ketones (excluding diaryl/α,β-unsaturated/α-hetero) is 2. The Labute approximate surface area is 350 Å². The van der Waals surface area contributed by atoms with Crippen LogP contribution in [-0.2, 0) is 23.9 Å². The Morgan fingerprint density at radius 2 is 0.625 bits per heavy atom. The van der Waals surface area contributed by atoms with Crippen molar-refractivity contribution in [1.29, 1.82) is 0 Å². The van der Waals surface area contributed by atoms with E-state index >= 15 is 0 Å². The molecule has 0 aromatic heterocycles. The predicted molar refractivity (Wildman–Crippen MR) is 244 cm³/mol. The van der Waals surface area contributed by atoms with Crippen LogP contribution in [0.4, 0.5) is 0 Å². The second-order valence-corrected chi connectivity index (χ2v) is 25.8. The molecule has 0 saturated carbocycles. The van der Waals surface area contributed by atoms with Crippen molar-refractivity contribution >= 4 is 23.4 Å². The topological polar surface area (TPSA) is 102 Å². The Morgan fingerprint density at radius 3 is 0.804 bits per heavy atom. The summed E-state index contributed by atoms with van der Waals surface area (Å²) in [4.78, 5) is 46.2. The number of hydrogen-bond donors (Lipinski definition) is 2. The first-order chi connectivity index (χ1) is 24.4. The third-order valence-electron chi connectivity index (χ3n) is 7.40. The molecular formula is C49H100N2O5. The quantitative estimate of drug-likeness (QED) is 0.170. The van der Waals surface area contributed by atoms with Crippen LogP contribution in [-0.4, -0.2) is 49.7 Å². The fourth-order valence-electron chi connectivity index (χ4n) is 5.22. The first-order valence-electron chi connectivity index (χ1n) is 21.6. The van der Waals surface area contributed by atoms with Gasteiger partial charge in [-0.2, -0.15) is 0 Å². The average molecular weight is 797 g/mol. The van der Waals surface area contributed by atoms with Gasteiger partial charge in [0.15, 0.2) is 0 Å². The summed E-state index contributed by atoms with van der Waals surface area (Å²) >= 11 is 0. The molecule has 0 rings (SSSR count). The van der Waals surface area contributed by atoms with E-state index in [1.807, 2.05) is 41.5 Å². The molecular weight excluding hydrogens is 697 g/mol. The highest BCUT2D eigenvalue weighted by molar-refractivity contribution is 5.85.